The van der Waals surface area contributed by atoms with E-state index < -0.39 is 23.1 Å². The molecule has 0 aliphatic carbocycles. The summed E-state index contributed by atoms with van der Waals surface area (Å²) in [4.78, 5) is 23.6. The van der Waals surface area contributed by atoms with E-state index in [2.05, 4.69) is 4.99 Å². The Morgan fingerprint density at radius 2 is 2.43 bits per heavy atom. The predicted octanol–water partition coefficient (Wildman–Crippen LogP) is -2.49. The third-order valence-corrected chi connectivity index (χ3v) is 1.46. The van der Waals surface area contributed by atoms with Crippen molar-refractivity contribution in [3.63, 3.8) is 0 Å². The van der Waals surface area contributed by atoms with Crippen LogP contribution in [-0.2, 0) is 4.79 Å². The van der Waals surface area contributed by atoms with Gasteiger partial charge in [0.2, 0.25) is 12.2 Å². The maximum Gasteiger partial charge on any atom is 0.335 e. The quantitative estimate of drug-likeness (QED) is 0.184. The van der Waals surface area contributed by atoms with Crippen molar-refractivity contribution in [3.05, 3.63) is 10.1 Å². The van der Waals surface area contributed by atoms with E-state index in [4.69, 9.17) is 10.4 Å². The zero-order valence-corrected chi connectivity index (χ0v) is 6.67. The van der Waals surface area contributed by atoms with E-state index in [0.717, 1.165) is 0 Å². The molecule has 0 aromatic heterocycles. The van der Waals surface area contributed by atoms with Crippen LogP contribution in [0.25, 0.3) is 0 Å². The first kappa shape index (κ1) is 9.87. The van der Waals surface area contributed by atoms with Crippen molar-refractivity contribution in [3.8, 4) is 6.19 Å². The fourth-order valence-electron chi connectivity index (χ4n) is 0.882. The van der Waals surface area contributed by atoms with Gasteiger partial charge in [-0.05, 0) is 0 Å². The van der Waals surface area contributed by atoms with Gasteiger partial charge in [0.05, 0.1) is 0 Å². The first-order chi connectivity index (χ1) is 6.56. The summed E-state index contributed by atoms with van der Waals surface area (Å²) in [7, 11) is 0. The molecular formula is C5H5N5O4. The number of aliphatic imine (C=N–C) groups is 1. The molecule has 2 atom stereocenters. The topological polar surface area (TPSA) is 141 Å². The van der Waals surface area contributed by atoms with Crippen LogP contribution < -0.4 is 10.6 Å². The highest BCUT2D eigenvalue weighted by molar-refractivity contribution is 6.01. The summed E-state index contributed by atoms with van der Waals surface area (Å²) >= 11 is 0. The summed E-state index contributed by atoms with van der Waals surface area (Å²) < 4.78 is 0. The highest BCUT2D eigenvalue weighted by atomic mass is 16.6. The third kappa shape index (κ3) is 1.75. The lowest BCUT2D eigenvalue weighted by molar-refractivity contribution is -0.519. The van der Waals surface area contributed by atoms with E-state index >= 15 is 0 Å². The fraction of sp³-hybridized carbons (Fsp3) is 0.400. The molecule has 0 spiro atoms. The zero-order valence-electron chi connectivity index (χ0n) is 6.67. The van der Waals surface area contributed by atoms with Crippen LogP contribution in [0.15, 0.2) is 4.99 Å². The van der Waals surface area contributed by atoms with Gasteiger partial charge in [-0.3, -0.25) is 25.5 Å². The normalized spacial score (nSPS) is 25.7. The van der Waals surface area contributed by atoms with E-state index in [9.17, 15) is 14.9 Å². The largest absolute Gasteiger partial charge is 0.366 e. The van der Waals surface area contributed by atoms with Crippen LogP contribution in [0.5, 0.6) is 0 Å². The third-order valence-electron chi connectivity index (χ3n) is 1.46. The molecule has 9 heteroatoms. The van der Waals surface area contributed by atoms with Gasteiger partial charge >= 0.3 is 11.9 Å². The number of amides is 1. The summed E-state index contributed by atoms with van der Waals surface area (Å²) in [6.07, 6.45) is -0.337. The molecule has 1 rings (SSSR count). The Morgan fingerprint density at radius 3 is 2.86 bits per heavy atom. The lowest BCUT2D eigenvalue weighted by atomic mass is 10.2. The minimum absolute atomic E-state index is 0.303. The van der Waals surface area contributed by atoms with Gasteiger partial charge in [-0.25, -0.2) is 4.99 Å². The Bertz CT molecular complexity index is 345. The minimum atomic E-state index is -1.83. The Labute approximate surface area is 77.2 Å². The van der Waals surface area contributed by atoms with Crippen LogP contribution in [0.3, 0.4) is 0 Å². The lowest BCUT2D eigenvalue weighted by Crippen LogP contribution is -2.55. The highest BCUT2D eigenvalue weighted by Gasteiger charge is 2.41. The van der Waals surface area contributed by atoms with E-state index in [1.807, 2.05) is 10.6 Å². The molecule has 0 fully saturated rings. The maximum absolute atomic E-state index is 11.0. The van der Waals surface area contributed by atoms with Gasteiger partial charge in [0, 0.05) is 4.92 Å². The van der Waals surface area contributed by atoms with Crippen molar-refractivity contribution in [2.75, 3.05) is 0 Å². The molecule has 14 heavy (non-hydrogen) atoms. The number of aliphatic hydroxyl groups excluding tert-OH is 1. The van der Waals surface area contributed by atoms with Gasteiger partial charge < -0.3 is 5.11 Å². The number of nitro groups is 1. The highest BCUT2D eigenvalue weighted by Crippen LogP contribution is 2.04. The van der Waals surface area contributed by atoms with Crippen molar-refractivity contribution in [1.29, 1.82) is 5.26 Å². The summed E-state index contributed by atoms with van der Waals surface area (Å²) in [5.41, 5.74) is 0. The zero-order chi connectivity index (χ0) is 10.7. The van der Waals surface area contributed by atoms with Crippen molar-refractivity contribution in [2.24, 2.45) is 4.99 Å². The number of guanidine groups is 1. The summed E-state index contributed by atoms with van der Waals surface area (Å²) in [6, 6.07) is -1.83. The summed E-state index contributed by atoms with van der Waals surface area (Å²) in [5, 5.41) is 31.4. The SMILES string of the molecule is N#CNC1=N[C@@H](O)[C@@H]([N+](=O)[O-])C(=O)N1. The van der Waals surface area contributed by atoms with Gasteiger partial charge in [0.25, 0.3) is 0 Å². The number of aliphatic hydroxyl groups is 1. The molecule has 0 saturated heterocycles. The fourth-order valence-corrected chi connectivity index (χ4v) is 0.882. The maximum atomic E-state index is 11.0. The molecule has 3 N–H and O–H groups in total. The number of hydrogen-bond donors (Lipinski definition) is 3. The monoisotopic (exact) mass is 199 g/mol. The standard InChI is InChI=1S/C5H5N5O4/c6-1-7-5-8-3(11)2(10(13)14)4(12)9-5/h2-3,11H,(H2,7,8,9,12)/t2-,3+/m1/s1. The first-order valence-electron chi connectivity index (χ1n) is 3.41. The number of carbonyl (C=O) groups is 1. The summed E-state index contributed by atoms with van der Waals surface area (Å²) in [5.74, 6) is -1.32. The molecule has 0 saturated carbocycles. The molecule has 1 heterocycles. The van der Waals surface area contributed by atoms with Crippen molar-refractivity contribution < 1.29 is 14.8 Å². The van der Waals surface area contributed by atoms with Crippen molar-refractivity contribution in [1.82, 2.24) is 10.6 Å². The van der Waals surface area contributed by atoms with Crippen LogP contribution in [-0.4, -0.2) is 34.2 Å². The number of nitriles is 1. The Morgan fingerprint density at radius 1 is 1.79 bits per heavy atom. The number of hydrogen-bond acceptors (Lipinski definition) is 7. The first-order valence-corrected chi connectivity index (χ1v) is 3.41. The second kappa shape index (κ2) is 3.67. The van der Waals surface area contributed by atoms with E-state index in [-0.39, 0.29) is 5.96 Å². The molecule has 0 unspecified atom stereocenters. The second-order valence-electron chi connectivity index (χ2n) is 2.35. The van der Waals surface area contributed by atoms with Gasteiger partial charge in [-0.15, -0.1) is 0 Å². The molecule has 1 aliphatic rings. The Balaban J connectivity index is 2.87. The van der Waals surface area contributed by atoms with Gasteiger partial charge in [0.1, 0.15) is 0 Å². The minimum Gasteiger partial charge on any atom is -0.366 e. The predicted molar refractivity (Wildman–Crippen MR) is 41.1 cm³/mol. The van der Waals surface area contributed by atoms with Crippen LogP contribution in [0, 0.1) is 21.6 Å². The van der Waals surface area contributed by atoms with E-state index in [1.165, 1.54) is 6.19 Å². The second-order valence-corrected chi connectivity index (χ2v) is 2.35. The smallest absolute Gasteiger partial charge is 0.335 e. The van der Waals surface area contributed by atoms with Crippen LogP contribution in [0.2, 0.25) is 0 Å². The van der Waals surface area contributed by atoms with E-state index in [1.54, 1.807) is 0 Å². The van der Waals surface area contributed by atoms with Gasteiger partial charge in [-0.1, -0.05) is 0 Å². The Kier molecular flexibility index (Phi) is 2.59. The van der Waals surface area contributed by atoms with Crippen LogP contribution >= 0.6 is 0 Å². The Hall–Kier alpha value is -2.21. The molecule has 1 aliphatic heterocycles. The van der Waals surface area contributed by atoms with Crippen molar-refractivity contribution in [2.45, 2.75) is 12.3 Å². The molecule has 0 radical (unpaired) electrons. The molecular weight excluding hydrogens is 194 g/mol. The molecule has 1 amide bonds. The lowest BCUT2D eigenvalue weighted by Gasteiger charge is -2.18. The van der Waals surface area contributed by atoms with Crippen LogP contribution in [0.1, 0.15) is 0 Å². The average molecular weight is 199 g/mol. The molecule has 9 nitrogen and oxygen atoms in total. The van der Waals surface area contributed by atoms with Gasteiger partial charge in [0.15, 0.2) is 6.19 Å². The van der Waals surface area contributed by atoms with Crippen molar-refractivity contribution >= 4 is 11.9 Å². The number of carbonyl (C=O) groups excluding carboxylic acids is 1. The number of nitrogens with zero attached hydrogens (tertiary/aromatic N) is 3. The molecule has 74 valence electrons. The average Bonchev–Trinajstić information content (AvgIpc) is 2.01. The number of nitrogens with one attached hydrogen (secondary N) is 2. The van der Waals surface area contributed by atoms with Crippen LogP contribution in [0.4, 0.5) is 0 Å². The van der Waals surface area contributed by atoms with E-state index in [0.29, 0.717) is 0 Å². The molecule has 0 bridgehead atoms. The number of rotatable bonds is 1. The van der Waals surface area contributed by atoms with Gasteiger partial charge in [-0.2, -0.15) is 5.26 Å². The molecule has 0 aromatic rings. The molecule has 0 aromatic carbocycles. The summed E-state index contributed by atoms with van der Waals surface area (Å²) in [6.45, 7) is 0.